The van der Waals surface area contributed by atoms with Crippen LogP contribution in [0, 0.1) is 0 Å². The third-order valence-corrected chi connectivity index (χ3v) is 1.39. The first kappa shape index (κ1) is 16.2. The Bertz CT molecular complexity index is 173. The highest BCUT2D eigenvalue weighted by molar-refractivity contribution is 7.46. The monoisotopic (exact) mass is 226 g/mol. The zero-order valence-electron chi connectivity index (χ0n) is 8.84. The van der Waals surface area contributed by atoms with Gasteiger partial charge in [0.15, 0.2) is 0 Å². The summed E-state index contributed by atoms with van der Waals surface area (Å²) in [5.74, 6) is 0. The lowest BCUT2D eigenvalue weighted by Crippen LogP contribution is -1.84. The minimum absolute atomic E-state index is 0.0459. The SMILES string of the molecule is C=CC.CC1CO1.CCOP(=O)(O)O. The summed E-state index contributed by atoms with van der Waals surface area (Å²) in [7, 11) is -4.17. The minimum atomic E-state index is -4.17. The smallest absolute Gasteiger partial charge is 0.373 e. The van der Waals surface area contributed by atoms with Gasteiger partial charge in [-0.15, -0.1) is 6.58 Å². The van der Waals surface area contributed by atoms with E-state index in [0.29, 0.717) is 6.10 Å². The van der Waals surface area contributed by atoms with Gasteiger partial charge < -0.3 is 14.5 Å². The highest BCUT2D eigenvalue weighted by Gasteiger charge is 2.13. The van der Waals surface area contributed by atoms with E-state index in [0.717, 1.165) is 6.61 Å². The number of rotatable bonds is 2. The van der Waals surface area contributed by atoms with Crippen LogP contribution in [0.2, 0.25) is 0 Å². The van der Waals surface area contributed by atoms with Gasteiger partial charge in [-0.1, -0.05) is 6.08 Å². The predicted octanol–water partition coefficient (Wildman–Crippen LogP) is 1.71. The fraction of sp³-hybridized carbons (Fsp3) is 0.750. The van der Waals surface area contributed by atoms with Gasteiger partial charge in [-0.05, 0) is 20.8 Å². The summed E-state index contributed by atoms with van der Waals surface area (Å²) in [6.45, 7) is 9.85. The molecule has 0 bridgehead atoms. The summed E-state index contributed by atoms with van der Waals surface area (Å²) in [5.41, 5.74) is 0. The topological polar surface area (TPSA) is 79.3 Å². The summed E-state index contributed by atoms with van der Waals surface area (Å²) in [6.07, 6.45) is 2.33. The number of hydrogen-bond donors (Lipinski definition) is 2. The lowest BCUT2D eigenvalue weighted by atomic mass is 10.6. The summed E-state index contributed by atoms with van der Waals surface area (Å²) < 4.78 is 18.3. The van der Waals surface area contributed by atoms with Crippen LogP contribution in [-0.2, 0) is 13.8 Å². The Morgan fingerprint density at radius 2 is 2.00 bits per heavy atom. The van der Waals surface area contributed by atoms with Crippen LogP contribution in [0.25, 0.3) is 0 Å². The van der Waals surface area contributed by atoms with Gasteiger partial charge >= 0.3 is 7.82 Å². The molecule has 1 heterocycles. The molecule has 6 heteroatoms. The second kappa shape index (κ2) is 9.37. The largest absolute Gasteiger partial charge is 0.469 e. The number of phosphoric ester groups is 1. The van der Waals surface area contributed by atoms with Gasteiger partial charge in [0.25, 0.3) is 0 Å². The van der Waals surface area contributed by atoms with Crippen molar-refractivity contribution in [3.05, 3.63) is 12.7 Å². The molecule has 5 nitrogen and oxygen atoms in total. The first-order valence-electron chi connectivity index (χ1n) is 4.26. The van der Waals surface area contributed by atoms with E-state index in [-0.39, 0.29) is 6.61 Å². The van der Waals surface area contributed by atoms with Crippen molar-refractivity contribution in [2.24, 2.45) is 0 Å². The normalized spacial score (nSPS) is 18.2. The first-order valence-corrected chi connectivity index (χ1v) is 5.79. The molecule has 1 atom stereocenters. The molecular weight excluding hydrogens is 207 g/mol. The van der Waals surface area contributed by atoms with Gasteiger partial charge in [0, 0.05) is 0 Å². The molecule has 0 spiro atoms. The van der Waals surface area contributed by atoms with Gasteiger partial charge in [-0.2, -0.15) is 0 Å². The van der Waals surface area contributed by atoms with Crippen molar-refractivity contribution < 1.29 is 23.6 Å². The molecule has 1 rings (SSSR count). The predicted molar refractivity (Wildman–Crippen MR) is 55.0 cm³/mol. The number of allylic oxidation sites excluding steroid dienone is 1. The number of epoxide rings is 1. The second-order valence-corrected chi connectivity index (χ2v) is 3.70. The Morgan fingerprint density at radius 1 is 1.71 bits per heavy atom. The van der Waals surface area contributed by atoms with Crippen LogP contribution in [0.5, 0.6) is 0 Å². The van der Waals surface area contributed by atoms with Gasteiger partial charge in [0.2, 0.25) is 0 Å². The van der Waals surface area contributed by atoms with Crippen molar-refractivity contribution in [3.63, 3.8) is 0 Å². The molecule has 0 aromatic rings. The van der Waals surface area contributed by atoms with Crippen LogP contribution in [0.15, 0.2) is 12.7 Å². The Balaban J connectivity index is 0. The van der Waals surface area contributed by atoms with E-state index in [1.165, 1.54) is 6.92 Å². The Morgan fingerprint density at radius 3 is 2.00 bits per heavy atom. The number of phosphoric acid groups is 1. The van der Waals surface area contributed by atoms with Gasteiger partial charge in [-0.3, -0.25) is 4.52 Å². The molecular formula is C8H19O5P. The van der Waals surface area contributed by atoms with Crippen LogP contribution in [0.4, 0.5) is 0 Å². The average molecular weight is 226 g/mol. The molecule has 1 saturated heterocycles. The van der Waals surface area contributed by atoms with Crippen LogP contribution >= 0.6 is 7.82 Å². The van der Waals surface area contributed by atoms with E-state index in [1.54, 1.807) is 6.08 Å². The average Bonchev–Trinajstić information content (AvgIpc) is 2.71. The molecule has 1 aliphatic rings. The molecule has 1 aliphatic heterocycles. The van der Waals surface area contributed by atoms with Crippen molar-refractivity contribution in [1.82, 2.24) is 0 Å². The Kier molecular flexibility index (Phi) is 10.9. The lowest BCUT2D eigenvalue weighted by Gasteiger charge is -1.98. The van der Waals surface area contributed by atoms with E-state index in [2.05, 4.69) is 18.0 Å². The zero-order valence-corrected chi connectivity index (χ0v) is 9.74. The van der Waals surface area contributed by atoms with Crippen molar-refractivity contribution in [2.45, 2.75) is 26.9 Å². The van der Waals surface area contributed by atoms with E-state index >= 15 is 0 Å². The minimum Gasteiger partial charge on any atom is -0.373 e. The number of hydrogen-bond acceptors (Lipinski definition) is 3. The highest BCUT2D eigenvalue weighted by atomic mass is 31.2. The Hall–Kier alpha value is -0.190. The molecule has 1 unspecified atom stereocenters. The van der Waals surface area contributed by atoms with Crippen LogP contribution < -0.4 is 0 Å². The van der Waals surface area contributed by atoms with Crippen molar-refractivity contribution in [2.75, 3.05) is 13.2 Å². The van der Waals surface area contributed by atoms with Gasteiger partial charge in [-0.25, -0.2) is 4.57 Å². The van der Waals surface area contributed by atoms with Gasteiger partial charge in [0.1, 0.15) is 0 Å². The summed E-state index contributed by atoms with van der Waals surface area (Å²) in [6, 6.07) is 0. The zero-order chi connectivity index (χ0) is 11.6. The number of ether oxygens (including phenoxy) is 1. The molecule has 0 amide bonds. The van der Waals surface area contributed by atoms with Crippen LogP contribution in [0.3, 0.4) is 0 Å². The molecule has 0 aromatic heterocycles. The van der Waals surface area contributed by atoms with Crippen molar-refractivity contribution in [1.29, 1.82) is 0 Å². The molecule has 0 aliphatic carbocycles. The molecule has 2 N–H and O–H groups in total. The third-order valence-electron chi connectivity index (χ3n) is 0.797. The van der Waals surface area contributed by atoms with Crippen molar-refractivity contribution >= 4 is 7.82 Å². The molecule has 14 heavy (non-hydrogen) atoms. The van der Waals surface area contributed by atoms with Gasteiger partial charge in [0.05, 0.1) is 19.3 Å². The fourth-order valence-corrected chi connectivity index (χ4v) is 0.601. The highest BCUT2D eigenvalue weighted by Crippen LogP contribution is 2.34. The molecule has 0 aromatic carbocycles. The van der Waals surface area contributed by atoms with Crippen molar-refractivity contribution in [3.8, 4) is 0 Å². The lowest BCUT2D eigenvalue weighted by molar-refractivity contribution is 0.206. The molecule has 0 saturated carbocycles. The summed E-state index contributed by atoms with van der Waals surface area (Å²) in [5, 5.41) is 0. The third kappa shape index (κ3) is 29.8. The Labute approximate surface area is 85.0 Å². The maximum Gasteiger partial charge on any atom is 0.469 e. The summed E-state index contributed by atoms with van der Waals surface area (Å²) >= 11 is 0. The van der Waals surface area contributed by atoms with E-state index < -0.39 is 7.82 Å². The van der Waals surface area contributed by atoms with E-state index in [4.69, 9.17) is 14.5 Å². The standard InChI is InChI=1S/C3H6O.C3H6.C2H7O4P/c1-3-2-4-3;1-3-2;1-2-6-7(3,4)5/h3H,2H2,1H3;3H,1H2,2H3;2H2,1H3,(H2,3,4,5). The quantitative estimate of drug-likeness (QED) is 0.425. The first-order chi connectivity index (χ1) is 6.37. The van der Waals surface area contributed by atoms with Crippen LogP contribution in [-0.4, -0.2) is 29.1 Å². The molecule has 86 valence electrons. The maximum absolute atomic E-state index is 9.70. The molecule has 0 radical (unpaired) electrons. The van der Waals surface area contributed by atoms with E-state index in [9.17, 15) is 4.57 Å². The summed E-state index contributed by atoms with van der Waals surface area (Å²) in [4.78, 5) is 15.8. The second-order valence-electron chi connectivity index (χ2n) is 2.46. The molecule has 1 fully saturated rings. The fourth-order valence-electron chi connectivity index (χ4n) is 0.264. The van der Waals surface area contributed by atoms with Crippen LogP contribution in [0.1, 0.15) is 20.8 Å². The maximum atomic E-state index is 9.70. The van der Waals surface area contributed by atoms with E-state index in [1.807, 2.05) is 6.92 Å².